The summed E-state index contributed by atoms with van der Waals surface area (Å²) in [6, 6.07) is 21.3. The summed E-state index contributed by atoms with van der Waals surface area (Å²) in [6.45, 7) is 6.18. The van der Waals surface area contributed by atoms with Crippen LogP contribution in [0, 0.1) is 6.92 Å². The van der Waals surface area contributed by atoms with Crippen molar-refractivity contribution in [1.29, 1.82) is 0 Å². The molecule has 6 nitrogen and oxygen atoms in total. The van der Waals surface area contributed by atoms with Crippen molar-refractivity contribution in [3.8, 4) is 11.1 Å². The zero-order chi connectivity index (χ0) is 24.2. The second-order valence-electron chi connectivity index (χ2n) is 8.68. The molecule has 2 amide bonds. The van der Waals surface area contributed by atoms with Gasteiger partial charge in [-0.25, -0.2) is 4.79 Å². The summed E-state index contributed by atoms with van der Waals surface area (Å²) in [5, 5.41) is 8.45. The molecule has 0 spiro atoms. The maximum Gasteiger partial charge on any atom is 0.323 e. The first kappa shape index (κ1) is 23.3. The second kappa shape index (κ2) is 10.4. The Morgan fingerprint density at radius 1 is 1.00 bits per heavy atom. The average Bonchev–Trinajstić information content (AvgIpc) is 2.88. The van der Waals surface area contributed by atoms with E-state index in [4.69, 9.17) is 21.3 Å². The largest absolute Gasteiger partial charge is 0.379 e. The standard InChI is InChI=1S/C28H27ClN4O2/c1-19-6-8-21(16-26(19)29)31-28(34)32-27-11-10-23(24-4-2-3-5-25(24)27)20-7-9-22(30-17-20)18-33-12-14-35-15-13-33/h2-11,16-17H,12-15,18H2,1H3,(H2,31,32,34). The number of benzene rings is 3. The number of urea groups is 1. The number of nitrogens with one attached hydrogen (secondary N) is 2. The highest BCUT2D eigenvalue weighted by molar-refractivity contribution is 6.31. The quantitative estimate of drug-likeness (QED) is 0.345. The lowest BCUT2D eigenvalue weighted by atomic mass is 9.98. The summed E-state index contributed by atoms with van der Waals surface area (Å²) in [7, 11) is 0. The number of halogens is 1. The fraction of sp³-hybridized carbons (Fsp3) is 0.214. The van der Waals surface area contributed by atoms with Crippen molar-refractivity contribution in [2.75, 3.05) is 36.9 Å². The molecule has 0 radical (unpaired) electrons. The predicted molar refractivity (Wildman–Crippen MR) is 142 cm³/mol. The summed E-state index contributed by atoms with van der Waals surface area (Å²) in [5.74, 6) is 0. The van der Waals surface area contributed by atoms with Gasteiger partial charge in [0.1, 0.15) is 0 Å². The van der Waals surface area contributed by atoms with Gasteiger partial charge < -0.3 is 15.4 Å². The molecule has 35 heavy (non-hydrogen) atoms. The molecule has 178 valence electrons. The van der Waals surface area contributed by atoms with Crippen molar-refractivity contribution < 1.29 is 9.53 Å². The summed E-state index contributed by atoms with van der Waals surface area (Å²) in [6.07, 6.45) is 1.93. The molecule has 1 aromatic heterocycles. The zero-order valence-electron chi connectivity index (χ0n) is 19.6. The van der Waals surface area contributed by atoms with E-state index < -0.39 is 0 Å². The third-order valence-corrected chi connectivity index (χ3v) is 6.63. The van der Waals surface area contributed by atoms with Gasteiger partial charge >= 0.3 is 6.03 Å². The molecule has 0 aliphatic carbocycles. The molecule has 1 aliphatic heterocycles. The maximum absolute atomic E-state index is 12.7. The van der Waals surface area contributed by atoms with Gasteiger partial charge in [-0.1, -0.05) is 54.1 Å². The van der Waals surface area contributed by atoms with Crippen LogP contribution in [-0.4, -0.2) is 42.2 Å². The molecule has 1 fully saturated rings. The van der Waals surface area contributed by atoms with Crippen LogP contribution >= 0.6 is 11.6 Å². The fourth-order valence-corrected chi connectivity index (χ4v) is 4.46. The Kier molecular flexibility index (Phi) is 6.95. The number of hydrogen-bond donors (Lipinski definition) is 2. The van der Waals surface area contributed by atoms with E-state index in [1.807, 2.05) is 55.6 Å². The molecule has 2 N–H and O–H groups in total. The number of rotatable bonds is 5. The number of carbonyl (C=O) groups is 1. The van der Waals surface area contributed by atoms with Gasteiger partial charge in [0.25, 0.3) is 0 Å². The molecule has 4 aromatic rings. The van der Waals surface area contributed by atoms with Crippen molar-refractivity contribution in [3.05, 3.63) is 89.2 Å². The van der Waals surface area contributed by atoms with E-state index in [-0.39, 0.29) is 6.03 Å². The van der Waals surface area contributed by atoms with Crippen LogP contribution in [0.15, 0.2) is 72.9 Å². The summed E-state index contributed by atoms with van der Waals surface area (Å²) < 4.78 is 5.43. The predicted octanol–water partition coefficient (Wildman–Crippen LogP) is 6.34. The minimum absolute atomic E-state index is 0.322. The summed E-state index contributed by atoms with van der Waals surface area (Å²) in [4.78, 5) is 19.8. The number of pyridine rings is 1. The van der Waals surface area contributed by atoms with Gasteiger partial charge in [0.15, 0.2) is 0 Å². The molecule has 0 bridgehead atoms. The molecule has 0 saturated carbocycles. The van der Waals surface area contributed by atoms with Crippen LogP contribution in [0.3, 0.4) is 0 Å². The van der Waals surface area contributed by atoms with E-state index in [1.54, 1.807) is 6.07 Å². The SMILES string of the molecule is Cc1ccc(NC(=O)Nc2ccc(-c3ccc(CN4CCOCC4)nc3)c3ccccc23)cc1Cl. The van der Waals surface area contributed by atoms with Crippen molar-refractivity contribution in [1.82, 2.24) is 9.88 Å². The smallest absolute Gasteiger partial charge is 0.323 e. The highest BCUT2D eigenvalue weighted by Gasteiger charge is 2.13. The summed E-state index contributed by atoms with van der Waals surface area (Å²) >= 11 is 6.19. The number of aromatic nitrogens is 1. The van der Waals surface area contributed by atoms with Gasteiger partial charge in [0.05, 0.1) is 24.6 Å². The van der Waals surface area contributed by atoms with Crippen LogP contribution < -0.4 is 10.6 Å². The Hall–Kier alpha value is -3.45. The van der Waals surface area contributed by atoms with Crippen LogP contribution in [0.2, 0.25) is 5.02 Å². The summed E-state index contributed by atoms with van der Waals surface area (Å²) in [5.41, 5.74) is 5.49. The van der Waals surface area contributed by atoms with Gasteiger partial charge in [0, 0.05) is 47.5 Å². The molecule has 5 rings (SSSR count). The van der Waals surface area contributed by atoms with E-state index in [1.165, 1.54) is 0 Å². The number of morpholine rings is 1. The monoisotopic (exact) mass is 486 g/mol. The van der Waals surface area contributed by atoms with E-state index >= 15 is 0 Å². The molecule has 1 aliphatic rings. The van der Waals surface area contributed by atoms with Crippen LogP contribution in [0.4, 0.5) is 16.2 Å². The number of nitrogens with zero attached hydrogens (tertiary/aromatic N) is 2. The maximum atomic E-state index is 12.7. The van der Waals surface area contributed by atoms with Gasteiger partial charge in [-0.3, -0.25) is 9.88 Å². The second-order valence-corrected chi connectivity index (χ2v) is 9.08. The van der Waals surface area contributed by atoms with Gasteiger partial charge in [-0.15, -0.1) is 0 Å². The highest BCUT2D eigenvalue weighted by Crippen LogP contribution is 2.33. The van der Waals surface area contributed by atoms with E-state index in [2.05, 4.69) is 33.7 Å². The first-order valence-corrected chi connectivity index (χ1v) is 12.1. The van der Waals surface area contributed by atoms with Gasteiger partial charge in [-0.05, 0) is 47.7 Å². The highest BCUT2D eigenvalue weighted by atomic mass is 35.5. The van der Waals surface area contributed by atoms with Crippen molar-refractivity contribution >= 4 is 39.8 Å². The molecule has 3 aromatic carbocycles. The Morgan fingerprint density at radius 3 is 2.54 bits per heavy atom. The number of amides is 2. The molecular formula is C28H27ClN4O2. The minimum Gasteiger partial charge on any atom is -0.379 e. The van der Waals surface area contributed by atoms with Gasteiger partial charge in [0.2, 0.25) is 0 Å². The van der Waals surface area contributed by atoms with Crippen LogP contribution in [-0.2, 0) is 11.3 Å². The number of carbonyl (C=O) groups excluding carboxylic acids is 1. The first-order chi connectivity index (χ1) is 17.1. The minimum atomic E-state index is -0.322. The molecule has 1 saturated heterocycles. The lowest BCUT2D eigenvalue weighted by molar-refractivity contribution is 0.0336. The molecule has 0 unspecified atom stereocenters. The number of hydrogen-bond acceptors (Lipinski definition) is 4. The van der Waals surface area contributed by atoms with Crippen LogP contribution in [0.5, 0.6) is 0 Å². The van der Waals surface area contributed by atoms with E-state index in [0.717, 1.165) is 71.7 Å². The first-order valence-electron chi connectivity index (χ1n) is 11.7. The Balaban J connectivity index is 1.35. The number of ether oxygens (including phenoxy) is 1. The van der Waals surface area contributed by atoms with Crippen molar-refractivity contribution in [2.24, 2.45) is 0 Å². The lowest BCUT2D eigenvalue weighted by Gasteiger charge is -2.26. The van der Waals surface area contributed by atoms with Crippen LogP contribution in [0.25, 0.3) is 21.9 Å². The third kappa shape index (κ3) is 5.46. The van der Waals surface area contributed by atoms with Crippen molar-refractivity contribution in [2.45, 2.75) is 13.5 Å². The lowest BCUT2D eigenvalue weighted by Crippen LogP contribution is -2.35. The Bertz CT molecular complexity index is 1350. The van der Waals surface area contributed by atoms with Gasteiger partial charge in [-0.2, -0.15) is 0 Å². The number of fused-ring (bicyclic) bond motifs is 1. The number of anilines is 2. The van der Waals surface area contributed by atoms with E-state index in [0.29, 0.717) is 10.7 Å². The normalized spacial score (nSPS) is 14.1. The van der Waals surface area contributed by atoms with Crippen molar-refractivity contribution in [3.63, 3.8) is 0 Å². The third-order valence-electron chi connectivity index (χ3n) is 6.23. The molecule has 2 heterocycles. The topological polar surface area (TPSA) is 66.5 Å². The Labute approximate surface area is 209 Å². The molecule has 7 heteroatoms. The Morgan fingerprint density at radius 2 is 1.80 bits per heavy atom. The average molecular weight is 487 g/mol. The zero-order valence-corrected chi connectivity index (χ0v) is 20.3. The molecular weight excluding hydrogens is 460 g/mol. The van der Waals surface area contributed by atoms with E-state index in [9.17, 15) is 4.79 Å². The number of aryl methyl sites for hydroxylation is 1. The molecule has 0 atom stereocenters. The fourth-order valence-electron chi connectivity index (χ4n) is 4.28. The van der Waals surface area contributed by atoms with Crippen LogP contribution in [0.1, 0.15) is 11.3 Å².